The molecule has 7 heteroatoms. The Balaban J connectivity index is 2.20. The van der Waals surface area contributed by atoms with Crippen LogP contribution >= 0.6 is 0 Å². The first-order valence-corrected chi connectivity index (χ1v) is 9.78. The normalized spacial score (nSPS) is 11.7. The molecule has 136 valence electrons. The average molecular weight is 375 g/mol. The number of benzene rings is 2. The van der Waals surface area contributed by atoms with Gasteiger partial charge in [-0.2, -0.15) is 0 Å². The summed E-state index contributed by atoms with van der Waals surface area (Å²) in [6, 6.07) is 9.54. The maximum absolute atomic E-state index is 14.3. The van der Waals surface area contributed by atoms with Crippen molar-refractivity contribution in [3.05, 3.63) is 59.1 Å². The van der Waals surface area contributed by atoms with Crippen molar-refractivity contribution in [1.29, 1.82) is 0 Å². The van der Waals surface area contributed by atoms with Gasteiger partial charge in [-0.25, -0.2) is 12.8 Å². The fraction of sp³-hybridized carbons (Fsp3) is 0.211. The number of aliphatic hydroxyl groups excluding tert-OH is 1. The molecule has 1 N–H and O–H groups in total. The molecule has 0 saturated heterocycles. The summed E-state index contributed by atoms with van der Waals surface area (Å²) in [5, 5.41) is 13.6. The molecular formula is C19H18FNO4S. The lowest BCUT2D eigenvalue weighted by Gasteiger charge is -2.08. The largest absolute Gasteiger partial charge is 0.388 e. The lowest BCUT2D eigenvalue weighted by atomic mass is 9.97. The van der Waals surface area contributed by atoms with Crippen molar-refractivity contribution in [3.8, 4) is 22.4 Å². The number of sulfone groups is 1. The molecule has 1 aromatic heterocycles. The molecule has 3 aromatic rings. The third-order valence-corrected chi connectivity index (χ3v) is 5.44. The zero-order valence-corrected chi connectivity index (χ0v) is 15.4. The van der Waals surface area contributed by atoms with Gasteiger partial charge < -0.3 is 9.63 Å². The van der Waals surface area contributed by atoms with Gasteiger partial charge in [-0.05, 0) is 48.7 Å². The fourth-order valence-corrected chi connectivity index (χ4v) is 3.50. The van der Waals surface area contributed by atoms with E-state index in [1.165, 1.54) is 12.1 Å². The second-order valence-electron chi connectivity index (χ2n) is 6.20. The van der Waals surface area contributed by atoms with E-state index in [1.54, 1.807) is 0 Å². The predicted octanol–water partition coefficient (Wildman–Crippen LogP) is 3.66. The minimum Gasteiger partial charge on any atom is -0.388 e. The highest BCUT2D eigenvalue weighted by molar-refractivity contribution is 7.90. The van der Waals surface area contributed by atoms with Gasteiger partial charge >= 0.3 is 0 Å². The fourth-order valence-electron chi connectivity index (χ4n) is 2.77. The quantitative estimate of drug-likeness (QED) is 0.753. The zero-order chi connectivity index (χ0) is 19.1. The van der Waals surface area contributed by atoms with Crippen LogP contribution in [0.25, 0.3) is 22.4 Å². The Morgan fingerprint density at radius 3 is 2.35 bits per heavy atom. The van der Waals surface area contributed by atoms with Crippen LogP contribution in [0.15, 0.2) is 45.8 Å². The molecule has 5 nitrogen and oxygen atoms in total. The van der Waals surface area contributed by atoms with Gasteiger partial charge in [0.1, 0.15) is 23.0 Å². The van der Waals surface area contributed by atoms with E-state index < -0.39 is 22.3 Å². The van der Waals surface area contributed by atoms with Gasteiger partial charge in [0.15, 0.2) is 15.6 Å². The summed E-state index contributed by atoms with van der Waals surface area (Å²) in [4.78, 5) is -0.379. The summed E-state index contributed by atoms with van der Waals surface area (Å²) in [6.45, 7) is 3.54. The van der Waals surface area contributed by atoms with Gasteiger partial charge in [-0.15, -0.1) is 0 Å². The molecular weight excluding hydrogens is 357 g/mol. The van der Waals surface area contributed by atoms with E-state index in [2.05, 4.69) is 5.16 Å². The second kappa shape index (κ2) is 6.66. The molecule has 0 aliphatic heterocycles. The average Bonchev–Trinajstić information content (AvgIpc) is 3.00. The number of aryl methyl sites for hydroxylation is 2. The third-order valence-electron chi connectivity index (χ3n) is 4.31. The molecule has 0 bridgehead atoms. The highest BCUT2D eigenvalue weighted by Crippen LogP contribution is 2.36. The Bertz CT molecular complexity index is 1090. The lowest BCUT2D eigenvalue weighted by Crippen LogP contribution is -2.01. The highest BCUT2D eigenvalue weighted by Gasteiger charge is 2.22. The molecule has 0 spiro atoms. The van der Waals surface area contributed by atoms with E-state index >= 15 is 0 Å². The van der Waals surface area contributed by atoms with E-state index in [4.69, 9.17) is 4.52 Å². The summed E-state index contributed by atoms with van der Waals surface area (Å²) in [6.07, 6.45) is 0.949. The maximum Gasteiger partial charge on any atom is 0.178 e. The maximum atomic E-state index is 14.3. The van der Waals surface area contributed by atoms with Crippen LogP contribution < -0.4 is 0 Å². The van der Waals surface area contributed by atoms with Crippen LogP contribution in [0.5, 0.6) is 0 Å². The molecule has 0 atom stereocenters. The number of rotatable bonds is 4. The van der Waals surface area contributed by atoms with E-state index in [9.17, 15) is 17.9 Å². The number of hydrogen-bond donors (Lipinski definition) is 1. The molecule has 0 radical (unpaired) electrons. The Morgan fingerprint density at radius 2 is 1.77 bits per heavy atom. The summed E-state index contributed by atoms with van der Waals surface area (Å²) in [5.74, 6) is -0.675. The number of nitrogens with zero attached hydrogens (tertiary/aromatic N) is 1. The summed E-state index contributed by atoms with van der Waals surface area (Å²) < 4.78 is 42.8. The number of aliphatic hydroxyl groups is 1. The minimum absolute atomic E-state index is 0.185. The van der Waals surface area contributed by atoms with Crippen molar-refractivity contribution in [2.45, 2.75) is 25.3 Å². The van der Waals surface area contributed by atoms with Gasteiger partial charge in [-0.3, -0.25) is 0 Å². The molecule has 0 saturated carbocycles. The molecule has 3 rings (SSSR count). The first-order valence-electron chi connectivity index (χ1n) is 7.89. The van der Waals surface area contributed by atoms with Crippen LogP contribution in [-0.2, 0) is 16.4 Å². The van der Waals surface area contributed by atoms with Crippen molar-refractivity contribution in [3.63, 3.8) is 0 Å². The first kappa shape index (κ1) is 18.3. The zero-order valence-electron chi connectivity index (χ0n) is 14.6. The lowest BCUT2D eigenvalue weighted by molar-refractivity contribution is 0.230. The second-order valence-corrected chi connectivity index (χ2v) is 8.19. The molecule has 0 aliphatic carbocycles. The SMILES string of the molecule is Cc1ccc(-c2noc(CO)c2-c2ccc(S(C)(=O)=O)c(F)c2)cc1C. The molecule has 2 aromatic carbocycles. The van der Waals surface area contributed by atoms with Gasteiger partial charge in [0.2, 0.25) is 0 Å². The van der Waals surface area contributed by atoms with Crippen molar-refractivity contribution >= 4 is 9.84 Å². The Hall–Kier alpha value is -2.51. The number of aromatic nitrogens is 1. The Morgan fingerprint density at radius 1 is 1.08 bits per heavy atom. The van der Waals surface area contributed by atoms with Crippen LogP contribution in [0.3, 0.4) is 0 Å². The van der Waals surface area contributed by atoms with Crippen LogP contribution in [0.4, 0.5) is 4.39 Å². The van der Waals surface area contributed by atoms with Crippen LogP contribution in [0, 0.1) is 19.7 Å². The summed E-state index contributed by atoms with van der Waals surface area (Å²) in [7, 11) is -3.67. The van der Waals surface area contributed by atoms with Crippen LogP contribution in [-0.4, -0.2) is 24.9 Å². The summed E-state index contributed by atoms with van der Waals surface area (Å²) >= 11 is 0. The highest BCUT2D eigenvalue weighted by atomic mass is 32.2. The predicted molar refractivity (Wildman–Crippen MR) is 95.8 cm³/mol. The molecule has 0 amide bonds. The van der Waals surface area contributed by atoms with Crippen LogP contribution in [0.1, 0.15) is 16.9 Å². The van der Waals surface area contributed by atoms with E-state index in [0.29, 0.717) is 16.8 Å². The van der Waals surface area contributed by atoms with Crippen molar-refractivity contribution in [2.24, 2.45) is 0 Å². The van der Waals surface area contributed by atoms with Gasteiger partial charge in [0.05, 0.1) is 5.56 Å². The van der Waals surface area contributed by atoms with E-state index in [0.717, 1.165) is 29.0 Å². The minimum atomic E-state index is -3.67. The van der Waals surface area contributed by atoms with Gasteiger partial charge in [0.25, 0.3) is 0 Å². The van der Waals surface area contributed by atoms with Crippen molar-refractivity contribution in [1.82, 2.24) is 5.16 Å². The molecule has 26 heavy (non-hydrogen) atoms. The van der Waals surface area contributed by atoms with E-state index in [1.807, 2.05) is 32.0 Å². The molecule has 0 aliphatic rings. The smallest absolute Gasteiger partial charge is 0.178 e. The number of halogens is 1. The topological polar surface area (TPSA) is 80.4 Å². The molecule has 0 fully saturated rings. The van der Waals surface area contributed by atoms with E-state index in [-0.39, 0.29) is 10.7 Å². The first-order chi connectivity index (χ1) is 12.2. The van der Waals surface area contributed by atoms with Crippen LogP contribution in [0.2, 0.25) is 0 Å². The van der Waals surface area contributed by atoms with Gasteiger partial charge in [-0.1, -0.05) is 23.4 Å². The van der Waals surface area contributed by atoms with Crippen molar-refractivity contribution in [2.75, 3.05) is 6.26 Å². The Kier molecular flexibility index (Phi) is 4.68. The number of hydrogen-bond acceptors (Lipinski definition) is 5. The third kappa shape index (κ3) is 3.27. The molecule has 1 heterocycles. The molecule has 0 unspecified atom stereocenters. The standard InChI is InChI=1S/C19H18FNO4S/c1-11-4-5-14(8-12(11)2)19-18(16(10-22)25-21-19)13-6-7-17(15(20)9-13)26(3,23)24/h4-9,22H,10H2,1-3H3. The van der Waals surface area contributed by atoms with Gasteiger partial charge in [0, 0.05) is 11.8 Å². The van der Waals surface area contributed by atoms with Crippen molar-refractivity contribution < 1.29 is 22.4 Å². The summed E-state index contributed by atoms with van der Waals surface area (Å²) in [5.41, 5.74) is 4.22. The Labute approximate surface area is 151 Å². The monoisotopic (exact) mass is 375 g/mol.